The third-order valence-corrected chi connectivity index (χ3v) is 1.36. The van der Waals surface area contributed by atoms with Gasteiger partial charge in [-0.05, 0) is 20.8 Å². The van der Waals surface area contributed by atoms with E-state index in [-0.39, 0.29) is 11.5 Å². The summed E-state index contributed by atoms with van der Waals surface area (Å²) in [5.41, 5.74) is 4.87. The number of hydrogen-bond acceptors (Lipinski definition) is 3. The Bertz CT molecular complexity index is 152. The van der Waals surface area contributed by atoms with Crippen LogP contribution in [0.1, 0.15) is 27.2 Å². The Kier molecular flexibility index (Phi) is 5.66. The summed E-state index contributed by atoms with van der Waals surface area (Å²) in [6.45, 7) is 8.07. The number of hydrogen-bond donors (Lipinski definition) is 2. The second-order valence-electron chi connectivity index (χ2n) is 3.93. The molecular formula is C9H20N2O2. The number of nitrogens with two attached hydrogens (primary N) is 1. The highest BCUT2D eigenvalue weighted by Crippen LogP contribution is 2.04. The Labute approximate surface area is 79.8 Å². The van der Waals surface area contributed by atoms with Gasteiger partial charge in [0.05, 0.1) is 12.2 Å². The summed E-state index contributed by atoms with van der Waals surface area (Å²) in [4.78, 5) is 10.3. The van der Waals surface area contributed by atoms with Crippen LogP contribution < -0.4 is 11.1 Å². The molecule has 0 radical (unpaired) electrons. The van der Waals surface area contributed by atoms with Crippen molar-refractivity contribution in [1.29, 1.82) is 0 Å². The molecule has 4 nitrogen and oxygen atoms in total. The molecule has 78 valence electrons. The fraction of sp³-hybridized carbons (Fsp3) is 0.889. The summed E-state index contributed by atoms with van der Waals surface area (Å²) < 4.78 is 5.46. The molecule has 0 aliphatic rings. The molecule has 0 aliphatic carbocycles. The van der Waals surface area contributed by atoms with Crippen LogP contribution in [-0.2, 0) is 9.53 Å². The molecule has 0 rings (SSSR count). The van der Waals surface area contributed by atoms with Crippen molar-refractivity contribution in [2.75, 3.05) is 19.7 Å². The molecule has 0 atom stereocenters. The molecule has 3 N–H and O–H groups in total. The van der Waals surface area contributed by atoms with Gasteiger partial charge in [0.15, 0.2) is 0 Å². The maximum absolute atomic E-state index is 10.3. The first-order chi connectivity index (χ1) is 5.92. The van der Waals surface area contributed by atoms with Gasteiger partial charge < -0.3 is 15.8 Å². The number of rotatable bonds is 6. The lowest BCUT2D eigenvalue weighted by Gasteiger charge is -2.19. The maximum Gasteiger partial charge on any atom is 0.218 e. The molecule has 0 spiro atoms. The predicted molar refractivity (Wildman–Crippen MR) is 52.4 cm³/mol. The summed E-state index contributed by atoms with van der Waals surface area (Å²) in [5, 5.41) is 3.06. The quantitative estimate of drug-likeness (QED) is 0.588. The van der Waals surface area contributed by atoms with Crippen molar-refractivity contribution in [1.82, 2.24) is 5.32 Å². The van der Waals surface area contributed by atoms with E-state index < -0.39 is 0 Å². The zero-order chi connectivity index (χ0) is 10.3. The van der Waals surface area contributed by atoms with Gasteiger partial charge in [-0.25, -0.2) is 0 Å². The number of nitrogens with one attached hydrogen (secondary N) is 1. The second-order valence-corrected chi connectivity index (χ2v) is 3.93. The Morgan fingerprint density at radius 2 is 2.00 bits per heavy atom. The monoisotopic (exact) mass is 188 g/mol. The molecule has 0 aromatic rings. The Morgan fingerprint density at radius 1 is 1.38 bits per heavy atom. The molecule has 0 unspecified atom stereocenters. The van der Waals surface area contributed by atoms with Crippen LogP contribution in [0.4, 0.5) is 0 Å². The second kappa shape index (κ2) is 5.94. The third-order valence-electron chi connectivity index (χ3n) is 1.36. The molecule has 0 aromatic heterocycles. The smallest absolute Gasteiger partial charge is 0.218 e. The lowest BCUT2D eigenvalue weighted by atomic mass is 10.2. The summed E-state index contributed by atoms with van der Waals surface area (Å²) >= 11 is 0. The molecule has 0 bridgehead atoms. The summed E-state index contributed by atoms with van der Waals surface area (Å²) in [7, 11) is 0. The van der Waals surface area contributed by atoms with Crippen LogP contribution in [0.15, 0.2) is 0 Å². The van der Waals surface area contributed by atoms with Crippen LogP contribution >= 0.6 is 0 Å². The van der Waals surface area contributed by atoms with Gasteiger partial charge >= 0.3 is 0 Å². The number of carbonyl (C=O) groups is 1. The molecule has 0 saturated carbocycles. The molecule has 0 fully saturated rings. The van der Waals surface area contributed by atoms with Gasteiger partial charge in [-0.15, -0.1) is 0 Å². The van der Waals surface area contributed by atoms with E-state index in [0.717, 1.165) is 6.54 Å². The van der Waals surface area contributed by atoms with Gasteiger partial charge in [0.1, 0.15) is 0 Å². The molecule has 0 aromatic carbocycles. The average Bonchev–Trinajstić information content (AvgIpc) is 1.93. The van der Waals surface area contributed by atoms with Crippen LogP contribution in [0.5, 0.6) is 0 Å². The first-order valence-corrected chi connectivity index (χ1v) is 4.55. The molecule has 0 saturated heterocycles. The number of carbonyl (C=O) groups excluding carboxylic acids is 1. The van der Waals surface area contributed by atoms with Crippen molar-refractivity contribution in [3.05, 3.63) is 0 Å². The van der Waals surface area contributed by atoms with Gasteiger partial charge in [0.2, 0.25) is 5.91 Å². The Morgan fingerprint density at radius 3 is 2.46 bits per heavy atom. The van der Waals surface area contributed by atoms with E-state index in [0.29, 0.717) is 19.6 Å². The van der Waals surface area contributed by atoms with E-state index >= 15 is 0 Å². The van der Waals surface area contributed by atoms with E-state index in [1.807, 2.05) is 20.8 Å². The molecule has 13 heavy (non-hydrogen) atoms. The molecule has 0 heterocycles. The number of primary amides is 1. The zero-order valence-electron chi connectivity index (χ0n) is 8.72. The van der Waals surface area contributed by atoms with Gasteiger partial charge in [-0.3, -0.25) is 4.79 Å². The normalized spacial score (nSPS) is 11.6. The lowest BCUT2D eigenvalue weighted by molar-refractivity contribution is -0.117. The average molecular weight is 188 g/mol. The minimum Gasteiger partial charge on any atom is -0.375 e. The minimum atomic E-state index is -0.274. The molecule has 0 aliphatic heterocycles. The number of amides is 1. The maximum atomic E-state index is 10.3. The van der Waals surface area contributed by atoms with Crippen molar-refractivity contribution in [3.63, 3.8) is 0 Å². The van der Waals surface area contributed by atoms with Gasteiger partial charge in [0.25, 0.3) is 0 Å². The van der Waals surface area contributed by atoms with E-state index in [9.17, 15) is 4.79 Å². The highest BCUT2D eigenvalue weighted by Gasteiger charge is 2.08. The topological polar surface area (TPSA) is 64.3 Å². The zero-order valence-corrected chi connectivity index (χ0v) is 8.72. The highest BCUT2D eigenvalue weighted by molar-refractivity contribution is 5.73. The summed E-state index contributed by atoms with van der Waals surface area (Å²) in [6, 6.07) is 0. The fourth-order valence-corrected chi connectivity index (χ4v) is 0.766. The van der Waals surface area contributed by atoms with E-state index in [1.165, 1.54) is 0 Å². The third kappa shape index (κ3) is 11.4. The van der Waals surface area contributed by atoms with Crippen LogP contribution in [-0.4, -0.2) is 31.2 Å². The minimum absolute atomic E-state index is 0.0919. The van der Waals surface area contributed by atoms with Crippen molar-refractivity contribution in [2.45, 2.75) is 32.8 Å². The largest absolute Gasteiger partial charge is 0.375 e. The van der Waals surface area contributed by atoms with E-state index in [4.69, 9.17) is 10.5 Å². The van der Waals surface area contributed by atoms with Crippen molar-refractivity contribution in [3.8, 4) is 0 Å². The molecular weight excluding hydrogens is 168 g/mol. The van der Waals surface area contributed by atoms with E-state index in [2.05, 4.69) is 5.32 Å². The molecule has 1 amide bonds. The van der Waals surface area contributed by atoms with Crippen molar-refractivity contribution < 1.29 is 9.53 Å². The Hall–Kier alpha value is -0.610. The highest BCUT2D eigenvalue weighted by atomic mass is 16.5. The first-order valence-electron chi connectivity index (χ1n) is 4.55. The standard InChI is InChI=1S/C9H20N2O2/c1-9(2,3)13-7-6-11-5-4-8(10)12/h11H,4-7H2,1-3H3,(H2,10,12). The number of ether oxygens (including phenoxy) is 1. The van der Waals surface area contributed by atoms with Crippen molar-refractivity contribution in [2.24, 2.45) is 5.73 Å². The van der Waals surface area contributed by atoms with Gasteiger partial charge in [-0.1, -0.05) is 0 Å². The fourth-order valence-electron chi connectivity index (χ4n) is 0.766. The van der Waals surface area contributed by atoms with Crippen molar-refractivity contribution >= 4 is 5.91 Å². The van der Waals surface area contributed by atoms with Crippen LogP contribution in [0, 0.1) is 0 Å². The Balaban J connectivity index is 3.13. The SMILES string of the molecule is CC(C)(C)OCCNCCC(N)=O. The van der Waals surface area contributed by atoms with Crippen LogP contribution in [0.3, 0.4) is 0 Å². The first kappa shape index (κ1) is 12.4. The van der Waals surface area contributed by atoms with Gasteiger partial charge in [0, 0.05) is 19.5 Å². The van der Waals surface area contributed by atoms with E-state index in [1.54, 1.807) is 0 Å². The van der Waals surface area contributed by atoms with Gasteiger partial charge in [-0.2, -0.15) is 0 Å². The van der Waals surface area contributed by atoms with Crippen LogP contribution in [0.2, 0.25) is 0 Å². The predicted octanol–water partition coefficient (Wildman–Crippen LogP) is 0.267. The summed E-state index contributed by atoms with van der Waals surface area (Å²) in [5.74, 6) is -0.274. The van der Waals surface area contributed by atoms with Crippen LogP contribution in [0.25, 0.3) is 0 Å². The summed E-state index contributed by atoms with van der Waals surface area (Å²) in [6.07, 6.45) is 0.384. The molecule has 4 heteroatoms. The lowest BCUT2D eigenvalue weighted by Crippen LogP contribution is -2.28.